The summed E-state index contributed by atoms with van der Waals surface area (Å²) in [6, 6.07) is 20.0. The number of carbonyl (C=O) groups excluding carboxylic acids is 2. The van der Waals surface area contributed by atoms with Gasteiger partial charge in [-0.1, -0.05) is 18.2 Å². The molecule has 0 spiro atoms. The Hall–Kier alpha value is -4.00. The molecule has 0 bridgehead atoms. The highest BCUT2D eigenvalue weighted by atomic mass is 16.5. The van der Waals surface area contributed by atoms with Crippen molar-refractivity contribution in [3.63, 3.8) is 0 Å². The Balaban J connectivity index is 1.42. The Bertz CT molecular complexity index is 1140. The monoisotopic (exact) mass is 446 g/mol. The number of nitrogens with one attached hydrogen (secondary N) is 1. The molecule has 1 heterocycles. The lowest BCUT2D eigenvalue weighted by Crippen LogP contribution is -2.35. The first kappa shape index (κ1) is 22.2. The van der Waals surface area contributed by atoms with Crippen LogP contribution in [-0.4, -0.2) is 39.2 Å². The van der Waals surface area contributed by atoms with Gasteiger partial charge in [-0.3, -0.25) is 9.59 Å². The van der Waals surface area contributed by atoms with E-state index in [9.17, 15) is 9.59 Å². The lowest BCUT2D eigenvalue weighted by molar-refractivity contribution is -0.118. The number of aryl methyl sites for hydroxylation is 1. The molecule has 0 unspecified atom stereocenters. The maximum Gasteiger partial charge on any atom is 0.262 e. The van der Waals surface area contributed by atoms with Crippen LogP contribution in [0.1, 0.15) is 22.3 Å². The van der Waals surface area contributed by atoms with E-state index in [1.807, 2.05) is 18.2 Å². The summed E-state index contributed by atoms with van der Waals surface area (Å²) in [5.41, 5.74) is 3.26. The van der Waals surface area contributed by atoms with Crippen LogP contribution in [0.2, 0.25) is 0 Å². The average Bonchev–Trinajstić information content (AvgIpc) is 2.87. The highest BCUT2D eigenvalue weighted by Gasteiger charge is 2.24. The van der Waals surface area contributed by atoms with Crippen LogP contribution in [0.5, 0.6) is 17.2 Å². The minimum Gasteiger partial charge on any atom is -0.497 e. The van der Waals surface area contributed by atoms with E-state index >= 15 is 0 Å². The summed E-state index contributed by atoms with van der Waals surface area (Å²) in [5, 5.41) is 2.76. The Morgan fingerprint density at radius 1 is 0.939 bits per heavy atom. The predicted octanol–water partition coefficient (Wildman–Crippen LogP) is 4.31. The minimum absolute atomic E-state index is 0.0933. The molecule has 33 heavy (non-hydrogen) atoms. The Kier molecular flexibility index (Phi) is 6.78. The Morgan fingerprint density at radius 3 is 2.48 bits per heavy atom. The molecule has 7 heteroatoms. The van der Waals surface area contributed by atoms with Gasteiger partial charge in [0, 0.05) is 23.5 Å². The molecule has 0 aromatic heterocycles. The van der Waals surface area contributed by atoms with E-state index in [1.165, 1.54) is 12.7 Å². The molecular formula is C26H26N2O5. The first-order chi connectivity index (χ1) is 16.1. The normalized spacial score (nSPS) is 12.5. The zero-order valence-electron chi connectivity index (χ0n) is 18.7. The number of anilines is 2. The van der Waals surface area contributed by atoms with Crippen LogP contribution < -0.4 is 24.4 Å². The number of hydrogen-bond acceptors (Lipinski definition) is 5. The largest absolute Gasteiger partial charge is 0.497 e. The molecule has 7 nitrogen and oxygen atoms in total. The van der Waals surface area contributed by atoms with Crippen molar-refractivity contribution in [2.45, 2.75) is 12.8 Å². The molecule has 2 amide bonds. The van der Waals surface area contributed by atoms with E-state index in [0.717, 1.165) is 18.5 Å². The molecule has 3 aromatic carbocycles. The number of nitrogens with zero attached hydrogens (tertiary/aromatic N) is 1. The maximum absolute atomic E-state index is 13.2. The SMILES string of the molecule is COc1ccc(NC(=O)COc2ccc(C(=O)N3CCCc4ccccc43)cc2OC)cc1. The second kappa shape index (κ2) is 10.1. The maximum atomic E-state index is 13.2. The molecule has 1 aliphatic heterocycles. The fraction of sp³-hybridized carbons (Fsp3) is 0.231. The number of benzene rings is 3. The highest BCUT2D eigenvalue weighted by Crippen LogP contribution is 2.32. The molecule has 0 aliphatic carbocycles. The number of para-hydroxylation sites is 1. The molecule has 0 atom stereocenters. The van der Waals surface area contributed by atoms with Crippen LogP contribution in [0.3, 0.4) is 0 Å². The van der Waals surface area contributed by atoms with Crippen LogP contribution in [0, 0.1) is 0 Å². The number of fused-ring (bicyclic) bond motifs is 1. The molecule has 3 aromatic rings. The molecule has 1 N–H and O–H groups in total. The van der Waals surface area contributed by atoms with Crippen molar-refractivity contribution in [1.82, 2.24) is 0 Å². The summed E-state index contributed by atoms with van der Waals surface area (Å²) in [5.74, 6) is 1.08. The topological polar surface area (TPSA) is 77.1 Å². The molecule has 0 saturated carbocycles. The van der Waals surface area contributed by atoms with Crippen molar-refractivity contribution < 1.29 is 23.8 Å². The van der Waals surface area contributed by atoms with E-state index < -0.39 is 0 Å². The van der Waals surface area contributed by atoms with Crippen LogP contribution >= 0.6 is 0 Å². The van der Waals surface area contributed by atoms with Gasteiger partial charge in [0.1, 0.15) is 5.75 Å². The number of ether oxygens (including phenoxy) is 3. The molecule has 0 radical (unpaired) electrons. The summed E-state index contributed by atoms with van der Waals surface area (Å²) < 4.78 is 16.2. The van der Waals surface area contributed by atoms with Gasteiger partial charge in [-0.25, -0.2) is 0 Å². The Morgan fingerprint density at radius 2 is 1.73 bits per heavy atom. The average molecular weight is 447 g/mol. The van der Waals surface area contributed by atoms with Crippen molar-refractivity contribution >= 4 is 23.2 Å². The third kappa shape index (κ3) is 5.09. The molecule has 170 valence electrons. The van der Waals surface area contributed by atoms with Gasteiger partial charge >= 0.3 is 0 Å². The van der Waals surface area contributed by atoms with Crippen molar-refractivity contribution in [2.75, 3.05) is 37.6 Å². The summed E-state index contributed by atoms with van der Waals surface area (Å²) in [6.45, 7) is 0.469. The van der Waals surface area contributed by atoms with Crippen molar-refractivity contribution in [3.05, 3.63) is 77.9 Å². The fourth-order valence-electron chi connectivity index (χ4n) is 3.83. The van der Waals surface area contributed by atoms with Crippen LogP contribution in [0.15, 0.2) is 66.7 Å². The second-order valence-electron chi connectivity index (χ2n) is 7.62. The highest BCUT2D eigenvalue weighted by molar-refractivity contribution is 6.07. The lowest BCUT2D eigenvalue weighted by Gasteiger charge is -2.29. The number of rotatable bonds is 7. The second-order valence-corrected chi connectivity index (χ2v) is 7.62. The minimum atomic E-state index is -0.313. The smallest absolute Gasteiger partial charge is 0.262 e. The van der Waals surface area contributed by atoms with Gasteiger partial charge in [-0.2, -0.15) is 0 Å². The fourth-order valence-corrected chi connectivity index (χ4v) is 3.83. The number of hydrogen-bond donors (Lipinski definition) is 1. The van der Waals surface area contributed by atoms with Crippen LogP contribution in [-0.2, 0) is 11.2 Å². The van der Waals surface area contributed by atoms with Gasteiger partial charge in [0.15, 0.2) is 18.1 Å². The van der Waals surface area contributed by atoms with Gasteiger partial charge in [0.2, 0.25) is 0 Å². The molecule has 1 aliphatic rings. The quantitative estimate of drug-likeness (QED) is 0.585. The van der Waals surface area contributed by atoms with Gasteiger partial charge < -0.3 is 24.4 Å². The molecule has 4 rings (SSSR count). The first-order valence-electron chi connectivity index (χ1n) is 10.7. The van der Waals surface area contributed by atoms with Gasteiger partial charge in [0.05, 0.1) is 14.2 Å². The van der Waals surface area contributed by atoms with E-state index in [-0.39, 0.29) is 18.4 Å². The zero-order valence-corrected chi connectivity index (χ0v) is 18.7. The third-order valence-electron chi connectivity index (χ3n) is 5.50. The van der Waals surface area contributed by atoms with E-state index in [4.69, 9.17) is 14.2 Å². The summed E-state index contributed by atoms with van der Waals surface area (Å²) in [7, 11) is 3.09. The van der Waals surface area contributed by atoms with Crippen LogP contribution in [0.25, 0.3) is 0 Å². The number of amides is 2. The lowest BCUT2D eigenvalue weighted by atomic mass is 10.0. The van der Waals surface area contributed by atoms with Crippen molar-refractivity contribution in [3.8, 4) is 17.2 Å². The van der Waals surface area contributed by atoms with Crippen molar-refractivity contribution in [2.24, 2.45) is 0 Å². The van der Waals surface area contributed by atoms with Crippen LogP contribution in [0.4, 0.5) is 11.4 Å². The van der Waals surface area contributed by atoms with E-state index in [1.54, 1.807) is 54.5 Å². The van der Waals surface area contributed by atoms with E-state index in [0.29, 0.717) is 35.0 Å². The molecular weight excluding hydrogens is 420 g/mol. The number of methoxy groups -OCH3 is 2. The summed E-state index contributed by atoms with van der Waals surface area (Å²) in [6.07, 6.45) is 1.89. The first-order valence-corrected chi connectivity index (χ1v) is 10.7. The van der Waals surface area contributed by atoms with Gasteiger partial charge in [0.25, 0.3) is 11.8 Å². The zero-order chi connectivity index (χ0) is 23.2. The summed E-state index contributed by atoms with van der Waals surface area (Å²) >= 11 is 0. The van der Waals surface area contributed by atoms with Gasteiger partial charge in [-0.05, 0) is 66.9 Å². The predicted molar refractivity (Wildman–Crippen MR) is 127 cm³/mol. The standard InChI is InChI=1S/C26H26N2O5/c1-31-21-12-10-20(11-13-21)27-25(29)17-33-23-14-9-19(16-24(23)32-2)26(30)28-15-5-7-18-6-3-4-8-22(18)28/h3-4,6,8-14,16H,5,7,15,17H2,1-2H3,(H,27,29). The third-order valence-corrected chi connectivity index (χ3v) is 5.50. The summed E-state index contributed by atoms with van der Waals surface area (Å²) in [4.78, 5) is 27.3. The molecule has 0 fully saturated rings. The number of carbonyl (C=O) groups is 2. The van der Waals surface area contributed by atoms with E-state index in [2.05, 4.69) is 11.4 Å². The molecule has 0 saturated heterocycles. The van der Waals surface area contributed by atoms with Gasteiger partial charge in [-0.15, -0.1) is 0 Å². The van der Waals surface area contributed by atoms with Crippen molar-refractivity contribution in [1.29, 1.82) is 0 Å². The Labute approximate surface area is 192 Å².